The van der Waals surface area contributed by atoms with Crippen molar-refractivity contribution < 1.29 is 0 Å². The number of aliphatic imine (C=N–C) groups is 1. The van der Waals surface area contributed by atoms with E-state index in [4.69, 9.17) is 5.41 Å². The number of allylic oxidation sites excluding steroid dienone is 1. The lowest BCUT2D eigenvalue weighted by molar-refractivity contribution is 0.439. The monoisotopic (exact) mass is 153 g/mol. The van der Waals surface area contributed by atoms with Crippen LogP contribution >= 0.6 is 0 Å². The van der Waals surface area contributed by atoms with Gasteiger partial charge in [0.2, 0.25) is 0 Å². The van der Waals surface area contributed by atoms with E-state index in [9.17, 15) is 0 Å². The van der Waals surface area contributed by atoms with Crippen molar-refractivity contribution in [2.75, 3.05) is 13.6 Å². The zero-order chi connectivity index (χ0) is 8.85. The molecule has 0 aliphatic carbocycles. The first-order valence-electron chi connectivity index (χ1n) is 3.56. The van der Waals surface area contributed by atoms with Gasteiger partial charge in [-0.15, -0.1) is 0 Å². The van der Waals surface area contributed by atoms with Crippen molar-refractivity contribution in [3.63, 3.8) is 0 Å². The highest BCUT2D eigenvalue weighted by atomic mass is 15.2. The molecule has 0 rings (SSSR count). The Morgan fingerprint density at radius 1 is 1.73 bits per heavy atom. The summed E-state index contributed by atoms with van der Waals surface area (Å²) >= 11 is 0. The van der Waals surface area contributed by atoms with Gasteiger partial charge in [-0.05, 0) is 20.6 Å². The van der Waals surface area contributed by atoms with Crippen molar-refractivity contribution in [1.82, 2.24) is 4.90 Å². The van der Waals surface area contributed by atoms with Crippen LogP contribution in [0.2, 0.25) is 0 Å². The molecule has 1 N–H and O–H groups in total. The van der Waals surface area contributed by atoms with Crippen molar-refractivity contribution in [2.24, 2.45) is 4.99 Å². The maximum atomic E-state index is 7.21. The highest BCUT2D eigenvalue weighted by molar-refractivity contribution is 5.90. The highest BCUT2D eigenvalue weighted by Crippen LogP contribution is 2.01. The van der Waals surface area contributed by atoms with Gasteiger partial charge < -0.3 is 10.3 Å². The van der Waals surface area contributed by atoms with E-state index >= 15 is 0 Å². The molecule has 0 radical (unpaired) electrons. The van der Waals surface area contributed by atoms with E-state index in [1.807, 2.05) is 18.9 Å². The van der Waals surface area contributed by atoms with Gasteiger partial charge in [-0.25, -0.2) is 4.99 Å². The molecule has 0 aliphatic rings. The van der Waals surface area contributed by atoms with Crippen LogP contribution in [0.5, 0.6) is 0 Å². The largest absolute Gasteiger partial charge is 0.360 e. The molecule has 0 heterocycles. The minimum Gasteiger partial charge on any atom is -0.360 e. The Kier molecular flexibility index (Phi) is 4.18. The van der Waals surface area contributed by atoms with E-state index in [2.05, 4.69) is 11.7 Å². The number of hydrogen-bond donors (Lipinski definition) is 1. The van der Waals surface area contributed by atoms with Crippen LogP contribution in [0.25, 0.3) is 0 Å². The summed E-state index contributed by atoms with van der Waals surface area (Å²) in [6.07, 6.45) is 1.69. The molecule has 0 saturated carbocycles. The van der Waals surface area contributed by atoms with Gasteiger partial charge >= 0.3 is 0 Å². The average Bonchev–Trinajstić information content (AvgIpc) is 1.98. The second-order valence-electron chi connectivity index (χ2n) is 2.36. The summed E-state index contributed by atoms with van der Waals surface area (Å²) in [6.45, 7) is 8.04. The summed E-state index contributed by atoms with van der Waals surface area (Å²) in [7, 11) is 1.92. The molecule has 3 heteroatoms. The molecular weight excluding hydrogens is 138 g/mol. The molecule has 0 aliphatic heterocycles. The molecule has 0 amide bonds. The van der Waals surface area contributed by atoms with E-state index in [0.29, 0.717) is 5.71 Å². The van der Waals surface area contributed by atoms with Gasteiger partial charge in [0, 0.05) is 25.4 Å². The molecule has 0 spiro atoms. The summed E-state index contributed by atoms with van der Waals surface area (Å²) < 4.78 is 0. The molecule has 0 aromatic rings. The summed E-state index contributed by atoms with van der Waals surface area (Å²) in [5, 5.41) is 7.21. The number of nitrogens with zero attached hydrogens (tertiary/aromatic N) is 2. The summed E-state index contributed by atoms with van der Waals surface area (Å²) in [6, 6.07) is 0. The van der Waals surface area contributed by atoms with Crippen LogP contribution in [0, 0.1) is 5.41 Å². The van der Waals surface area contributed by atoms with Gasteiger partial charge in [-0.2, -0.15) is 0 Å². The Balaban J connectivity index is 4.38. The Bertz CT molecular complexity index is 182. The maximum Gasteiger partial charge on any atom is 0.129 e. The Morgan fingerprint density at radius 2 is 2.27 bits per heavy atom. The second-order valence-corrected chi connectivity index (χ2v) is 2.36. The molecule has 3 nitrogen and oxygen atoms in total. The minimum atomic E-state index is 0.493. The first-order chi connectivity index (χ1) is 5.11. The minimum absolute atomic E-state index is 0.493. The topological polar surface area (TPSA) is 39.5 Å². The van der Waals surface area contributed by atoms with Crippen molar-refractivity contribution in [1.29, 1.82) is 5.41 Å². The van der Waals surface area contributed by atoms with Crippen LogP contribution in [-0.4, -0.2) is 30.9 Å². The number of rotatable bonds is 4. The Labute approximate surface area is 67.9 Å². The lowest BCUT2D eigenvalue weighted by atomic mass is 10.4. The third kappa shape index (κ3) is 3.55. The standard InChI is InChI=1S/C8H15N3/c1-5-11(4)8(10-3)6-7(2)9/h6,9H,3,5H2,1-2,4H3/b8-6+,9-7?. The fourth-order valence-corrected chi connectivity index (χ4v) is 0.632. The van der Waals surface area contributed by atoms with E-state index in [-0.39, 0.29) is 0 Å². The van der Waals surface area contributed by atoms with Gasteiger partial charge in [0.1, 0.15) is 5.82 Å². The maximum absolute atomic E-state index is 7.21. The summed E-state index contributed by atoms with van der Waals surface area (Å²) in [4.78, 5) is 5.73. The van der Waals surface area contributed by atoms with Crippen molar-refractivity contribution in [2.45, 2.75) is 13.8 Å². The van der Waals surface area contributed by atoms with Crippen LogP contribution in [0.4, 0.5) is 0 Å². The predicted molar refractivity (Wildman–Crippen MR) is 49.3 cm³/mol. The third-order valence-electron chi connectivity index (χ3n) is 1.37. The van der Waals surface area contributed by atoms with Gasteiger partial charge in [0.15, 0.2) is 0 Å². The average molecular weight is 153 g/mol. The molecule has 0 saturated heterocycles. The van der Waals surface area contributed by atoms with Crippen LogP contribution < -0.4 is 0 Å². The molecular formula is C8H15N3. The zero-order valence-electron chi connectivity index (χ0n) is 7.39. The van der Waals surface area contributed by atoms with Gasteiger partial charge in [-0.3, -0.25) is 0 Å². The SMILES string of the molecule is C=N/C(=C\C(C)=N)N(C)CC. The molecule has 0 bridgehead atoms. The van der Waals surface area contributed by atoms with Crippen LogP contribution in [0.3, 0.4) is 0 Å². The van der Waals surface area contributed by atoms with Gasteiger partial charge in [0.25, 0.3) is 0 Å². The van der Waals surface area contributed by atoms with Crippen molar-refractivity contribution in [3.05, 3.63) is 11.9 Å². The lowest BCUT2D eigenvalue weighted by Gasteiger charge is -2.15. The van der Waals surface area contributed by atoms with Crippen LogP contribution in [-0.2, 0) is 0 Å². The Morgan fingerprint density at radius 3 is 2.55 bits per heavy atom. The van der Waals surface area contributed by atoms with Crippen molar-refractivity contribution >= 4 is 12.4 Å². The second kappa shape index (κ2) is 4.66. The zero-order valence-corrected chi connectivity index (χ0v) is 7.39. The third-order valence-corrected chi connectivity index (χ3v) is 1.37. The van der Waals surface area contributed by atoms with Crippen LogP contribution in [0.1, 0.15) is 13.8 Å². The Hall–Kier alpha value is -1.12. The van der Waals surface area contributed by atoms with Gasteiger partial charge in [0.05, 0.1) is 0 Å². The van der Waals surface area contributed by atoms with E-state index < -0.39 is 0 Å². The van der Waals surface area contributed by atoms with E-state index in [0.717, 1.165) is 12.4 Å². The molecule has 11 heavy (non-hydrogen) atoms. The molecule has 0 unspecified atom stereocenters. The molecule has 62 valence electrons. The van der Waals surface area contributed by atoms with Crippen molar-refractivity contribution in [3.8, 4) is 0 Å². The van der Waals surface area contributed by atoms with E-state index in [1.54, 1.807) is 13.0 Å². The lowest BCUT2D eigenvalue weighted by Crippen LogP contribution is -2.16. The number of nitrogens with one attached hydrogen (secondary N) is 1. The van der Waals surface area contributed by atoms with E-state index in [1.165, 1.54) is 0 Å². The first kappa shape index (κ1) is 9.88. The normalized spacial score (nSPS) is 11.0. The number of hydrogen-bond acceptors (Lipinski definition) is 3. The molecule has 0 aromatic carbocycles. The fraction of sp³-hybridized carbons (Fsp3) is 0.500. The molecule has 0 aromatic heterocycles. The quantitative estimate of drug-likeness (QED) is 0.611. The van der Waals surface area contributed by atoms with Crippen LogP contribution in [0.15, 0.2) is 16.9 Å². The summed E-state index contributed by atoms with van der Waals surface area (Å²) in [5.74, 6) is 0.750. The smallest absolute Gasteiger partial charge is 0.129 e. The fourth-order valence-electron chi connectivity index (χ4n) is 0.632. The van der Waals surface area contributed by atoms with Gasteiger partial charge in [-0.1, -0.05) is 0 Å². The molecule has 0 fully saturated rings. The first-order valence-corrected chi connectivity index (χ1v) is 3.56. The predicted octanol–water partition coefficient (Wildman–Crippen LogP) is 1.52. The summed E-state index contributed by atoms with van der Waals surface area (Å²) in [5.41, 5.74) is 0.493. The highest BCUT2D eigenvalue weighted by Gasteiger charge is 1.97. The molecule has 0 atom stereocenters.